The van der Waals surface area contributed by atoms with Crippen molar-refractivity contribution < 1.29 is 14.2 Å². The van der Waals surface area contributed by atoms with Gasteiger partial charge in [-0.2, -0.15) is 0 Å². The number of pyridine rings is 1. The highest BCUT2D eigenvalue weighted by Crippen LogP contribution is 2.24. The third kappa shape index (κ3) is 3.64. The zero-order valence-corrected chi connectivity index (χ0v) is 11.9. The molecule has 2 aromatic rings. The van der Waals surface area contributed by atoms with Gasteiger partial charge in [0.25, 0.3) is 0 Å². The van der Waals surface area contributed by atoms with Gasteiger partial charge in [0.15, 0.2) is 0 Å². The maximum absolute atomic E-state index is 12.7. The summed E-state index contributed by atoms with van der Waals surface area (Å²) in [5.74, 6) is 0. The molecular weight excluding hydrogens is 271 g/mol. The van der Waals surface area contributed by atoms with Crippen LogP contribution in [0.4, 0.5) is 4.39 Å². The summed E-state index contributed by atoms with van der Waals surface area (Å²) in [4.78, 5) is 4.14. The predicted octanol–water partition coefficient (Wildman–Crippen LogP) is 2.23. The molecular formula is C16H19FN2O2. The van der Waals surface area contributed by atoms with Crippen molar-refractivity contribution in [3.05, 3.63) is 53.9 Å². The van der Waals surface area contributed by atoms with Gasteiger partial charge in [-0.15, -0.1) is 0 Å². The van der Waals surface area contributed by atoms with E-state index in [9.17, 15) is 4.39 Å². The highest BCUT2D eigenvalue weighted by Gasteiger charge is 2.19. The van der Waals surface area contributed by atoms with Crippen molar-refractivity contribution in [2.45, 2.75) is 18.8 Å². The molecule has 0 saturated heterocycles. The number of hydrogen-bond acceptors (Lipinski definition) is 4. The van der Waals surface area contributed by atoms with E-state index < -0.39 is 18.8 Å². The first-order valence-electron chi connectivity index (χ1n) is 6.70. The summed E-state index contributed by atoms with van der Waals surface area (Å²) in [6.07, 6.45) is 1.25. The molecule has 0 bridgehead atoms. The smallest absolute Gasteiger partial charge is 0.107 e. The van der Waals surface area contributed by atoms with Crippen LogP contribution in [-0.4, -0.2) is 29.9 Å². The molecule has 0 aliphatic carbocycles. The Balaban J connectivity index is 2.21. The minimum absolute atomic E-state index is 0.0736. The highest BCUT2D eigenvalue weighted by atomic mass is 19.1. The zero-order valence-electron chi connectivity index (χ0n) is 11.9. The highest BCUT2D eigenvalue weighted by molar-refractivity contribution is 5.62. The number of aliphatic hydroxyl groups is 1. The van der Waals surface area contributed by atoms with Gasteiger partial charge in [0.1, 0.15) is 6.67 Å². The Bertz CT molecular complexity index is 557. The van der Waals surface area contributed by atoms with E-state index in [2.05, 4.69) is 4.98 Å². The summed E-state index contributed by atoms with van der Waals surface area (Å²) < 4.78 is 18.0. The van der Waals surface area contributed by atoms with E-state index in [0.717, 1.165) is 16.7 Å². The van der Waals surface area contributed by atoms with E-state index in [0.29, 0.717) is 5.69 Å². The fourth-order valence-corrected chi connectivity index (χ4v) is 2.19. The van der Waals surface area contributed by atoms with Crippen molar-refractivity contribution in [3.63, 3.8) is 0 Å². The molecule has 3 N–H and O–H groups in total. The van der Waals surface area contributed by atoms with Crippen LogP contribution in [0.2, 0.25) is 0 Å². The number of aromatic nitrogens is 1. The lowest BCUT2D eigenvalue weighted by molar-refractivity contribution is 0.0721. The van der Waals surface area contributed by atoms with Crippen molar-refractivity contribution in [1.82, 2.24) is 4.98 Å². The van der Waals surface area contributed by atoms with E-state index in [1.807, 2.05) is 30.3 Å². The third-order valence-electron chi connectivity index (χ3n) is 3.38. The van der Waals surface area contributed by atoms with E-state index in [-0.39, 0.29) is 6.61 Å². The number of nitrogens with zero attached hydrogens (tertiary/aromatic N) is 1. The number of nitrogens with two attached hydrogens (primary N) is 1. The Morgan fingerprint density at radius 3 is 2.33 bits per heavy atom. The first-order valence-corrected chi connectivity index (χ1v) is 6.70. The Labute approximate surface area is 123 Å². The van der Waals surface area contributed by atoms with Gasteiger partial charge in [-0.25, -0.2) is 4.39 Å². The molecule has 0 saturated carbocycles. The molecule has 1 aromatic heterocycles. The predicted molar refractivity (Wildman–Crippen MR) is 79.3 cm³/mol. The van der Waals surface area contributed by atoms with Crippen LogP contribution in [-0.2, 0) is 11.3 Å². The van der Waals surface area contributed by atoms with Gasteiger partial charge >= 0.3 is 0 Å². The molecule has 1 heterocycles. The molecule has 5 heteroatoms. The number of aliphatic hydroxyl groups excluding tert-OH is 1. The maximum atomic E-state index is 12.7. The van der Waals surface area contributed by atoms with E-state index in [4.69, 9.17) is 15.6 Å². The van der Waals surface area contributed by atoms with Crippen LogP contribution >= 0.6 is 0 Å². The van der Waals surface area contributed by atoms with Crippen LogP contribution in [0.3, 0.4) is 0 Å². The van der Waals surface area contributed by atoms with Crippen LogP contribution in [0.25, 0.3) is 11.1 Å². The van der Waals surface area contributed by atoms with Gasteiger partial charge in [-0.3, -0.25) is 4.98 Å². The Hall–Kier alpha value is -1.82. The summed E-state index contributed by atoms with van der Waals surface area (Å²) in [5, 5.41) is 8.98. The van der Waals surface area contributed by atoms with Gasteiger partial charge in [0.05, 0.1) is 24.4 Å². The topological polar surface area (TPSA) is 68.4 Å². The molecule has 1 aromatic carbocycles. The van der Waals surface area contributed by atoms with Gasteiger partial charge in [-0.1, -0.05) is 30.3 Å². The van der Waals surface area contributed by atoms with Gasteiger partial charge < -0.3 is 15.6 Å². The Morgan fingerprint density at radius 1 is 1.19 bits per heavy atom. The molecule has 0 fully saturated rings. The zero-order chi connectivity index (χ0) is 15.2. The van der Waals surface area contributed by atoms with Gasteiger partial charge in [0, 0.05) is 18.9 Å². The molecule has 4 nitrogen and oxygen atoms in total. The van der Waals surface area contributed by atoms with Crippen molar-refractivity contribution in [2.24, 2.45) is 5.73 Å². The molecule has 0 radical (unpaired) electrons. The second-order valence-electron chi connectivity index (χ2n) is 4.79. The molecule has 21 heavy (non-hydrogen) atoms. The lowest BCUT2D eigenvalue weighted by Crippen LogP contribution is -2.31. The summed E-state index contributed by atoms with van der Waals surface area (Å²) in [7, 11) is 1.52. The van der Waals surface area contributed by atoms with Crippen LogP contribution in [0, 0.1) is 0 Å². The minimum atomic E-state index is -0.675. The molecule has 112 valence electrons. The quantitative estimate of drug-likeness (QED) is 0.856. The summed E-state index contributed by atoms with van der Waals surface area (Å²) >= 11 is 0. The fourth-order valence-electron chi connectivity index (χ4n) is 2.19. The number of hydrogen-bond donors (Lipinski definition) is 2. The second-order valence-corrected chi connectivity index (χ2v) is 4.79. The van der Waals surface area contributed by atoms with Crippen LogP contribution in [0.5, 0.6) is 0 Å². The van der Waals surface area contributed by atoms with Crippen molar-refractivity contribution in [3.8, 4) is 11.1 Å². The summed E-state index contributed by atoms with van der Waals surface area (Å²) in [6, 6.07) is 10.6. The molecule has 2 unspecified atom stereocenters. The molecule has 2 rings (SSSR count). The second kappa shape index (κ2) is 7.26. The van der Waals surface area contributed by atoms with Gasteiger partial charge in [0.2, 0.25) is 0 Å². The number of halogens is 1. The summed E-state index contributed by atoms with van der Waals surface area (Å²) in [5.41, 5.74) is 9.11. The standard InChI is InChI=1S/C16H19FN2O2/c1-21-16(15(18)8-17)12-4-2-11(3-5-12)13-6-7-14(10-20)19-9-13/h2-7,9,15-16,20H,8,10,18H2,1H3. The monoisotopic (exact) mass is 290 g/mol. The van der Waals surface area contributed by atoms with Crippen molar-refractivity contribution in [2.75, 3.05) is 13.8 Å². The number of ether oxygens (including phenoxy) is 1. The summed E-state index contributed by atoms with van der Waals surface area (Å²) in [6.45, 7) is -0.706. The normalized spacial score (nSPS) is 13.9. The average Bonchev–Trinajstić information content (AvgIpc) is 2.56. The number of alkyl halides is 1. The SMILES string of the molecule is COC(c1ccc(-c2ccc(CO)nc2)cc1)C(N)CF. The largest absolute Gasteiger partial charge is 0.390 e. The minimum Gasteiger partial charge on any atom is -0.390 e. The van der Waals surface area contributed by atoms with Crippen LogP contribution < -0.4 is 5.73 Å². The van der Waals surface area contributed by atoms with E-state index in [1.54, 1.807) is 12.3 Å². The van der Waals surface area contributed by atoms with Gasteiger partial charge in [-0.05, 0) is 17.2 Å². The number of benzene rings is 1. The number of rotatable bonds is 6. The first-order chi connectivity index (χ1) is 10.2. The fraction of sp³-hybridized carbons (Fsp3) is 0.312. The lowest BCUT2D eigenvalue weighted by Gasteiger charge is -2.20. The first kappa shape index (κ1) is 15.6. The van der Waals surface area contributed by atoms with Crippen LogP contribution in [0.1, 0.15) is 17.4 Å². The molecule has 0 aliphatic heterocycles. The van der Waals surface area contributed by atoms with Crippen molar-refractivity contribution in [1.29, 1.82) is 0 Å². The van der Waals surface area contributed by atoms with E-state index >= 15 is 0 Å². The molecule has 0 amide bonds. The third-order valence-corrected chi connectivity index (χ3v) is 3.38. The molecule has 2 atom stereocenters. The van der Waals surface area contributed by atoms with Crippen molar-refractivity contribution >= 4 is 0 Å². The Kier molecular flexibility index (Phi) is 5.38. The maximum Gasteiger partial charge on any atom is 0.107 e. The Morgan fingerprint density at radius 2 is 1.86 bits per heavy atom. The average molecular weight is 290 g/mol. The number of methoxy groups -OCH3 is 1. The molecule has 0 aliphatic rings. The molecule has 0 spiro atoms. The lowest BCUT2D eigenvalue weighted by atomic mass is 9.99. The van der Waals surface area contributed by atoms with Crippen LogP contribution in [0.15, 0.2) is 42.6 Å². The van der Waals surface area contributed by atoms with E-state index in [1.165, 1.54) is 7.11 Å².